The number of nitrogens with one attached hydrogen (secondary N) is 2. The lowest BCUT2D eigenvalue weighted by molar-refractivity contribution is 0.0951. The molecule has 33 heavy (non-hydrogen) atoms. The van der Waals surface area contributed by atoms with Gasteiger partial charge in [-0.05, 0) is 41.5 Å². The predicted octanol–water partition coefficient (Wildman–Crippen LogP) is 5.32. The molecule has 0 fully saturated rings. The van der Waals surface area contributed by atoms with Gasteiger partial charge in [-0.2, -0.15) is 0 Å². The number of halogens is 1. The average molecular weight is 460 g/mol. The minimum atomic E-state index is -0.321. The van der Waals surface area contributed by atoms with Crippen molar-refractivity contribution in [3.63, 3.8) is 0 Å². The van der Waals surface area contributed by atoms with Crippen molar-refractivity contribution in [3.05, 3.63) is 102 Å². The predicted molar refractivity (Wildman–Crippen MR) is 125 cm³/mol. The SMILES string of the molecule is O=[S+]c1ccc(C(=O)NCc2ccc(F)cc2)cc1-c1cccc2c(C3C=COC3)c[nH]c12. The first-order valence-corrected chi connectivity index (χ1v) is 11.2. The van der Waals surface area contributed by atoms with E-state index in [-0.39, 0.29) is 24.2 Å². The van der Waals surface area contributed by atoms with Crippen LogP contribution in [-0.4, -0.2) is 17.5 Å². The van der Waals surface area contributed by atoms with Gasteiger partial charge in [0, 0.05) is 45.4 Å². The van der Waals surface area contributed by atoms with Crippen molar-refractivity contribution in [2.75, 3.05) is 6.61 Å². The second kappa shape index (κ2) is 8.96. The molecule has 0 saturated carbocycles. The van der Waals surface area contributed by atoms with Crippen molar-refractivity contribution in [1.29, 1.82) is 0 Å². The van der Waals surface area contributed by atoms with Gasteiger partial charge in [0.15, 0.2) is 0 Å². The zero-order valence-corrected chi connectivity index (χ0v) is 18.3. The summed E-state index contributed by atoms with van der Waals surface area (Å²) in [6.45, 7) is 0.877. The van der Waals surface area contributed by atoms with E-state index in [0.29, 0.717) is 34.3 Å². The number of para-hydroxylation sites is 1. The number of carbonyl (C=O) groups excluding carboxylic acids is 1. The number of aromatic nitrogens is 1. The fourth-order valence-electron chi connectivity index (χ4n) is 4.11. The molecule has 1 aliphatic heterocycles. The van der Waals surface area contributed by atoms with E-state index in [9.17, 15) is 13.4 Å². The third kappa shape index (κ3) is 4.15. The number of aromatic amines is 1. The Hall–Kier alpha value is -3.84. The third-order valence-corrected chi connectivity index (χ3v) is 6.35. The van der Waals surface area contributed by atoms with Crippen LogP contribution in [0.1, 0.15) is 27.4 Å². The highest BCUT2D eigenvalue weighted by Gasteiger charge is 2.23. The second-order valence-electron chi connectivity index (χ2n) is 7.84. The second-order valence-corrected chi connectivity index (χ2v) is 8.45. The van der Waals surface area contributed by atoms with Gasteiger partial charge in [0.1, 0.15) is 5.82 Å². The van der Waals surface area contributed by atoms with Crippen molar-refractivity contribution in [1.82, 2.24) is 10.3 Å². The van der Waals surface area contributed by atoms with Crippen LogP contribution < -0.4 is 5.32 Å². The minimum absolute atomic E-state index is 0.172. The lowest BCUT2D eigenvalue weighted by atomic mass is 9.96. The molecule has 0 bridgehead atoms. The van der Waals surface area contributed by atoms with Crippen molar-refractivity contribution >= 4 is 28.5 Å². The van der Waals surface area contributed by atoms with E-state index in [1.54, 1.807) is 36.6 Å². The maximum absolute atomic E-state index is 13.1. The monoisotopic (exact) mass is 459 g/mol. The van der Waals surface area contributed by atoms with Crippen LogP contribution >= 0.6 is 0 Å². The zero-order chi connectivity index (χ0) is 22.8. The number of amides is 1. The van der Waals surface area contributed by atoms with E-state index in [2.05, 4.69) is 10.3 Å². The van der Waals surface area contributed by atoms with Gasteiger partial charge < -0.3 is 15.0 Å². The summed E-state index contributed by atoms with van der Waals surface area (Å²) >= 11 is 0.401. The van der Waals surface area contributed by atoms with Gasteiger partial charge in [-0.15, -0.1) is 0 Å². The van der Waals surface area contributed by atoms with Crippen LogP contribution in [0.3, 0.4) is 0 Å². The fourth-order valence-corrected chi connectivity index (χ4v) is 4.49. The molecule has 3 aromatic carbocycles. The largest absolute Gasteiger partial charge is 0.505 e. The van der Waals surface area contributed by atoms with Gasteiger partial charge >= 0.3 is 11.7 Å². The Bertz CT molecular complexity index is 1380. The van der Waals surface area contributed by atoms with Gasteiger partial charge in [-0.1, -0.05) is 30.3 Å². The summed E-state index contributed by atoms with van der Waals surface area (Å²) in [4.78, 5) is 16.7. The van der Waals surface area contributed by atoms with Crippen LogP contribution in [0.25, 0.3) is 22.0 Å². The number of fused-ring (bicyclic) bond motifs is 1. The summed E-state index contributed by atoms with van der Waals surface area (Å²) in [7, 11) is 0. The van der Waals surface area contributed by atoms with Crippen LogP contribution in [0.5, 0.6) is 0 Å². The smallest absolute Gasteiger partial charge is 0.501 e. The van der Waals surface area contributed by atoms with Gasteiger partial charge in [0.2, 0.25) is 0 Å². The van der Waals surface area contributed by atoms with Gasteiger partial charge in [-0.25, -0.2) is 4.39 Å². The fraction of sp³-hybridized carbons (Fsp3) is 0.115. The first-order chi connectivity index (χ1) is 16.1. The van der Waals surface area contributed by atoms with Crippen molar-refractivity contribution in [2.24, 2.45) is 0 Å². The number of H-pyrrole nitrogens is 1. The highest BCUT2D eigenvalue weighted by Crippen LogP contribution is 2.36. The Morgan fingerprint density at radius 3 is 2.73 bits per heavy atom. The molecule has 0 spiro atoms. The average Bonchev–Trinajstić information content (AvgIpc) is 3.53. The molecule has 0 aliphatic carbocycles. The molecule has 1 unspecified atom stereocenters. The summed E-state index contributed by atoms with van der Waals surface area (Å²) in [5.41, 5.74) is 4.83. The molecule has 2 N–H and O–H groups in total. The number of ether oxygens (including phenoxy) is 1. The molecule has 1 amide bonds. The molecule has 7 heteroatoms. The Kier molecular flexibility index (Phi) is 5.71. The quantitative estimate of drug-likeness (QED) is 0.384. The highest BCUT2D eigenvalue weighted by atomic mass is 32.1. The summed E-state index contributed by atoms with van der Waals surface area (Å²) < 4.78 is 30.3. The normalized spacial score (nSPS) is 14.9. The standard InChI is InChI=1S/C26H19FN2O3S/c27-19-7-4-16(5-8-19)13-29-26(30)17-6-9-24(33-31)22(12-17)20-2-1-3-21-23(14-28-25(20)21)18-10-11-32-15-18/h1-12,14,18H,13,15H2,(H-,28,29,30,31)/p+1. The van der Waals surface area contributed by atoms with E-state index < -0.39 is 0 Å². The molecule has 0 saturated heterocycles. The maximum Gasteiger partial charge on any atom is 0.505 e. The first-order valence-electron chi connectivity index (χ1n) is 10.5. The van der Waals surface area contributed by atoms with E-state index >= 15 is 0 Å². The Balaban J connectivity index is 1.48. The number of hydrogen-bond donors (Lipinski definition) is 2. The number of benzene rings is 3. The summed E-state index contributed by atoms with van der Waals surface area (Å²) in [5, 5.41) is 3.91. The third-order valence-electron chi connectivity index (χ3n) is 5.82. The van der Waals surface area contributed by atoms with E-state index in [4.69, 9.17) is 4.74 Å². The van der Waals surface area contributed by atoms with E-state index in [1.165, 1.54) is 12.1 Å². The highest BCUT2D eigenvalue weighted by molar-refractivity contribution is 7.65. The molecule has 1 aliphatic rings. The summed E-state index contributed by atoms with van der Waals surface area (Å²) in [5.74, 6) is -0.417. The number of rotatable bonds is 6. The lowest BCUT2D eigenvalue weighted by Gasteiger charge is -2.09. The van der Waals surface area contributed by atoms with E-state index in [1.807, 2.05) is 30.5 Å². The van der Waals surface area contributed by atoms with Crippen LogP contribution in [0, 0.1) is 5.82 Å². The molecule has 5 rings (SSSR count). The number of hydrogen-bond acceptors (Lipinski definition) is 3. The number of carbonyl (C=O) groups is 1. The molecule has 4 aromatic rings. The Labute approximate surface area is 193 Å². The summed E-state index contributed by atoms with van der Waals surface area (Å²) in [6.07, 6.45) is 5.72. The molecule has 5 nitrogen and oxygen atoms in total. The molecule has 2 heterocycles. The van der Waals surface area contributed by atoms with Gasteiger partial charge in [0.05, 0.1) is 23.9 Å². The first kappa shape index (κ1) is 21.0. The molecule has 0 radical (unpaired) electrons. The minimum Gasteiger partial charge on any atom is -0.501 e. The van der Waals surface area contributed by atoms with Crippen molar-refractivity contribution in [2.45, 2.75) is 17.4 Å². The lowest BCUT2D eigenvalue weighted by Crippen LogP contribution is -2.22. The molecular formula is C26H20FN2O3S+. The molecule has 164 valence electrons. The van der Waals surface area contributed by atoms with E-state index in [0.717, 1.165) is 27.6 Å². The Morgan fingerprint density at radius 2 is 1.97 bits per heavy atom. The molecule has 1 atom stereocenters. The van der Waals surface area contributed by atoms with Crippen LogP contribution in [-0.2, 0) is 27.2 Å². The van der Waals surface area contributed by atoms with Crippen molar-refractivity contribution in [3.8, 4) is 11.1 Å². The molecular weight excluding hydrogens is 439 g/mol. The topological polar surface area (TPSA) is 71.2 Å². The summed E-state index contributed by atoms with van der Waals surface area (Å²) in [6, 6.07) is 17.0. The molecule has 1 aromatic heterocycles. The maximum atomic E-state index is 13.1. The van der Waals surface area contributed by atoms with Gasteiger partial charge in [-0.3, -0.25) is 4.79 Å². The van der Waals surface area contributed by atoms with Crippen molar-refractivity contribution < 1.29 is 18.1 Å². The van der Waals surface area contributed by atoms with Crippen LogP contribution in [0.2, 0.25) is 0 Å². The van der Waals surface area contributed by atoms with Crippen LogP contribution in [0.4, 0.5) is 4.39 Å². The zero-order valence-electron chi connectivity index (χ0n) is 17.5. The van der Waals surface area contributed by atoms with Gasteiger partial charge in [0.25, 0.3) is 10.8 Å². The van der Waals surface area contributed by atoms with Crippen LogP contribution in [0.15, 0.2) is 84.1 Å². The Morgan fingerprint density at radius 1 is 1.12 bits per heavy atom.